The molecule has 2 atom stereocenters. The van der Waals surface area contributed by atoms with Crippen molar-refractivity contribution in [3.8, 4) is 0 Å². The fourth-order valence-corrected chi connectivity index (χ4v) is 4.81. The van der Waals surface area contributed by atoms with E-state index in [4.69, 9.17) is 0 Å². The number of benzene rings is 2. The van der Waals surface area contributed by atoms with Gasteiger partial charge in [-0.05, 0) is 55.2 Å². The van der Waals surface area contributed by atoms with E-state index in [2.05, 4.69) is 12.2 Å². The van der Waals surface area contributed by atoms with Crippen LogP contribution in [0.15, 0.2) is 53.4 Å². The van der Waals surface area contributed by atoms with Crippen LogP contribution in [-0.2, 0) is 26.0 Å². The largest absolute Gasteiger partial charge is 0.349 e. The van der Waals surface area contributed by atoms with Gasteiger partial charge >= 0.3 is 0 Å². The van der Waals surface area contributed by atoms with Gasteiger partial charge in [-0.1, -0.05) is 37.6 Å². The second-order valence-corrected chi connectivity index (χ2v) is 10.9. The molecule has 0 aliphatic carbocycles. The quantitative estimate of drug-likeness (QED) is 0.606. The lowest BCUT2D eigenvalue weighted by atomic mass is 10.0. The van der Waals surface area contributed by atoms with Gasteiger partial charge in [-0.3, -0.25) is 9.59 Å². The third-order valence-corrected chi connectivity index (χ3v) is 7.91. The van der Waals surface area contributed by atoms with Crippen molar-refractivity contribution in [1.82, 2.24) is 9.62 Å². The normalized spacial score (nSPS) is 17.4. The first-order valence-corrected chi connectivity index (χ1v) is 12.8. The van der Waals surface area contributed by atoms with Crippen LogP contribution in [0.3, 0.4) is 0 Å². The summed E-state index contributed by atoms with van der Waals surface area (Å²) in [5.41, 5.74) is 2.87. The van der Waals surface area contributed by atoms with Crippen molar-refractivity contribution >= 4 is 27.5 Å². The molecule has 0 saturated carbocycles. The average molecular weight is 472 g/mol. The average Bonchev–Trinajstić information content (AvgIpc) is 3.19. The number of anilines is 1. The number of unbranched alkanes of at least 4 members (excludes halogenated alkanes) is 1. The van der Waals surface area contributed by atoms with E-state index >= 15 is 0 Å². The summed E-state index contributed by atoms with van der Waals surface area (Å²) in [7, 11) is -0.528. The van der Waals surface area contributed by atoms with E-state index in [0.29, 0.717) is 6.54 Å². The molecule has 1 saturated heterocycles. The molecular formula is C25H33N3O4S. The lowest BCUT2D eigenvalue weighted by molar-refractivity contribution is -0.126. The molecule has 2 amide bonds. The van der Waals surface area contributed by atoms with E-state index in [-0.39, 0.29) is 29.2 Å². The minimum absolute atomic E-state index is 0.0534. The number of carbonyl (C=O) groups excluding carboxylic acids is 2. The highest BCUT2D eigenvalue weighted by atomic mass is 32.2. The maximum Gasteiger partial charge on any atom is 0.242 e. The zero-order valence-electron chi connectivity index (χ0n) is 19.7. The molecule has 0 spiro atoms. The molecule has 1 fully saturated rings. The molecule has 2 aromatic carbocycles. The molecule has 1 N–H and O–H groups in total. The molecular weight excluding hydrogens is 438 g/mol. The number of nitrogens with one attached hydrogen (secondary N) is 1. The highest BCUT2D eigenvalue weighted by Gasteiger charge is 2.35. The third kappa shape index (κ3) is 5.81. The van der Waals surface area contributed by atoms with Crippen molar-refractivity contribution in [1.29, 1.82) is 0 Å². The van der Waals surface area contributed by atoms with E-state index < -0.39 is 15.9 Å². The lowest BCUT2D eigenvalue weighted by Gasteiger charge is -2.19. The molecule has 1 heterocycles. The van der Waals surface area contributed by atoms with Crippen LogP contribution in [0, 0.1) is 5.92 Å². The van der Waals surface area contributed by atoms with E-state index in [1.54, 1.807) is 29.2 Å². The first-order chi connectivity index (χ1) is 15.6. The number of rotatable bonds is 9. The van der Waals surface area contributed by atoms with Crippen LogP contribution >= 0.6 is 0 Å². The van der Waals surface area contributed by atoms with E-state index in [1.165, 1.54) is 19.7 Å². The van der Waals surface area contributed by atoms with Crippen molar-refractivity contribution < 1.29 is 18.0 Å². The maximum absolute atomic E-state index is 12.8. The molecule has 3 rings (SSSR count). The smallest absolute Gasteiger partial charge is 0.242 e. The number of hydrogen-bond acceptors (Lipinski definition) is 4. The third-order valence-electron chi connectivity index (χ3n) is 6.08. The molecule has 178 valence electrons. The van der Waals surface area contributed by atoms with Crippen LogP contribution in [0.1, 0.15) is 50.3 Å². The Kier molecular flexibility index (Phi) is 7.92. The van der Waals surface area contributed by atoms with Gasteiger partial charge in [0.1, 0.15) is 0 Å². The molecule has 0 bridgehead atoms. The van der Waals surface area contributed by atoms with E-state index in [0.717, 1.165) is 34.8 Å². The Morgan fingerprint density at radius 2 is 1.76 bits per heavy atom. The minimum Gasteiger partial charge on any atom is -0.349 e. The van der Waals surface area contributed by atoms with Crippen LogP contribution in [0.25, 0.3) is 0 Å². The first kappa shape index (κ1) is 24.9. The van der Waals surface area contributed by atoms with Crippen molar-refractivity contribution in [3.63, 3.8) is 0 Å². The molecule has 1 aliphatic rings. The summed E-state index contributed by atoms with van der Waals surface area (Å²) in [5, 5.41) is 2.97. The standard InChI is InChI=1S/C25H33N3O4S/c1-5-6-7-19-8-12-22(13-9-19)28-17-21(16-24(28)29)25(30)26-18(2)20-10-14-23(15-11-20)33(31,32)27(3)4/h8-15,18,21H,5-7,16-17H2,1-4H3,(H,26,30). The number of aryl methyl sites for hydroxylation is 1. The van der Waals surface area contributed by atoms with Gasteiger partial charge in [0.25, 0.3) is 0 Å². The minimum atomic E-state index is -3.50. The molecule has 2 aromatic rings. The number of amides is 2. The highest BCUT2D eigenvalue weighted by Crippen LogP contribution is 2.27. The van der Waals surface area contributed by atoms with Gasteiger partial charge in [-0.2, -0.15) is 0 Å². The van der Waals surface area contributed by atoms with Gasteiger partial charge in [0.05, 0.1) is 16.9 Å². The summed E-state index contributed by atoms with van der Waals surface area (Å²) in [6, 6.07) is 14.2. The number of sulfonamides is 1. The van der Waals surface area contributed by atoms with Crippen molar-refractivity contribution in [2.45, 2.75) is 50.5 Å². The van der Waals surface area contributed by atoms with Gasteiger partial charge in [0, 0.05) is 32.7 Å². The van der Waals surface area contributed by atoms with Gasteiger partial charge in [-0.25, -0.2) is 12.7 Å². The van der Waals surface area contributed by atoms with Crippen LogP contribution in [0.2, 0.25) is 0 Å². The Hall–Kier alpha value is -2.71. The topological polar surface area (TPSA) is 86.8 Å². The van der Waals surface area contributed by atoms with Gasteiger partial charge < -0.3 is 10.2 Å². The van der Waals surface area contributed by atoms with Crippen LogP contribution in [0.4, 0.5) is 5.69 Å². The van der Waals surface area contributed by atoms with Gasteiger partial charge in [0.15, 0.2) is 0 Å². The van der Waals surface area contributed by atoms with Crippen molar-refractivity contribution in [2.75, 3.05) is 25.5 Å². The molecule has 1 aliphatic heterocycles. The second kappa shape index (κ2) is 10.5. The summed E-state index contributed by atoms with van der Waals surface area (Å²) >= 11 is 0. The Balaban J connectivity index is 1.61. The fourth-order valence-electron chi connectivity index (χ4n) is 3.91. The first-order valence-electron chi connectivity index (χ1n) is 11.4. The second-order valence-electron chi connectivity index (χ2n) is 8.76. The van der Waals surface area contributed by atoms with Crippen LogP contribution in [0.5, 0.6) is 0 Å². The molecule has 0 aromatic heterocycles. The SMILES string of the molecule is CCCCc1ccc(N2CC(C(=O)NC(C)c3ccc(S(=O)(=O)N(C)C)cc3)CC2=O)cc1. The Bertz CT molecular complexity index is 1080. The van der Waals surface area contributed by atoms with Crippen LogP contribution < -0.4 is 10.2 Å². The molecule has 33 heavy (non-hydrogen) atoms. The van der Waals surface area contributed by atoms with E-state index in [9.17, 15) is 18.0 Å². The summed E-state index contributed by atoms with van der Waals surface area (Å²) in [5.74, 6) is -0.654. The highest BCUT2D eigenvalue weighted by molar-refractivity contribution is 7.89. The Morgan fingerprint density at radius 1 is 1.12 bits per heavy atom. The monoisotopic (exact) mass is 471 g/mol. The predicted octanol–water partition coefficient (Wildman–Crippen LogP) is 3.51. The lowest BCUT2D eigenvalue weighted by Crippen LogP contribution is -2.34. The summed E-state index contributed by atoms with van der Waals surface area (Å²) in [4.78, 5) is 27.3. The fraction of sp³-hybridized carbons (Fsp3) is 0.440. The zero-order valence-corrected chi connectivity index (χ0v) is 20.6. The maximum atomic E-state index is 12.8. The van der Waals surface area contributed by atoms with Gasteiger partial charge in [-0.15, -0.1) is 0 Å². The molecule has 2 unspecified atom stereocenters. The number of nitrogens with zero attached hydrogens (tertiary/aromatic N) is 2. The van der Waals surface area contributed by atoms with Crippen molar-refractivity contribution in [3.05, 3.63) is 59.7 Å². The zero-order chi connectivity index (χ0) is 24.2. The summed E-state index contributed by atoms with van der Waals surface area (Å²) in [6.07, 6.45) is 3.48. The molecule has 0 radical (unpaired) electrons. The number of hydrogen-bond donors (Lipinski definition) is 1. The number of carbonyl (C=O) groups is 2. The summed E-state index contributed by atoms with van der Waals surface area (Å²) < 4.78 is 25.6. The predicted molar refractivity (Wildman–Crippen MR) is 129 cm³/mol. The molecule has 7 nitrogen and oxygen atoms in total. The van der Waals surface area contributed by atoms with Gasteiger partial charge in [0.2, 0.25) is 21.8 Å². The van der Waals surface area contributed by atoms with E-state index in [1.807, 2.05) is 31.2 Å². The van der Waals surface area contributed by atoms with Crippen LogP contribution in [-0.4, -0.2) is 45.2 Å². The van der Waals surface area contributed by atoms with Crippen molar-refractivity contribution in [2.24, 2.45) is 5.92 Å². The molecule has 8 heteroatoms. The Labute approximate surface area is 196 Å². The Morgan fingerprint density at radius 3 is 2.33 bits per heavy atom. The summed E-state index contributed by atoms with van der Waals surface area (Å²) in [6.45, 7) is 4.36.